The van der Waals surface area contributed by atoms with E-state index in [2.05, 4.69) is 5.32 Å². The quantitative estimate of drug-likeness (QED) is 0.862. The maximum absolute atomic E-state index is 12.3. The molecular weight excluding hydrogens is 260 g/mol. The Kier molecular flexibility index (Phi) is 3.48. The van der Waals surface area contributed by atoms with Gasteiger partial charge in [-0.05, 0) is 31.4 Å². The molecule has 2 atom stereocenters. The largest absolute Gasteiger partial charge is 0.481 e. The summed E-state index contributed by atoms with van der Waals surface area (Å²) in [4.78, 5) is 23.4. The Labute approximate surface area is 116 Å². The van der Waals surface area contributed by atoms with Gasteiger partial charge < -0.3 is 19.7 Å². The number of aliphatic carboxylic acids is 1. The highest BCUT2D eigenvalue weighted by atomic mass is 16.5. The van der Waals surface area contributed by atoms with Crippen LogP contribution in [-0.4, -0.2) is 40.8 Å². The third kappa shape index (κ3) is 2.31. The van der Waals surface area contributed by atoms with Gasteiger partial charge in [-0.1, -0.05) is 0 Å². The minimum absolute atomic E-state index is 0.157. The summed E-state index contributed by atoms with van der Waals surface area (Å²) in [6.45, 7) is 0.413. The van der Waals surface area contributed by atoms with Crippen molar-refractivity contribution in [1.82, 2.24) is 9.88 Å². The third-order valence-corrected chi connectivity index (χ3v) is 4.19. The summed E-state index contributed by atoms with van der Waals surface area (Å²) in [5.41, 5.74) is 0.603. The zero-order chi connectivity index (χ0) is 14.1. The van der Waals surface area contributed by atoms with Crippen LogP contribution in [0, 0.1) is 5.92 Å². The fourth-order valence-electron chi connectivity index (χ4n) is 2.75. The molecule has 0 radical (unpaired) electrons. The summed E-state index contributed by atoms with van der Waals surface area (Å²) >= 11 is 0. The first-order valence-electron chi connectivity index (χ1n) is 6.95. The van der Waals surface area contributed by atoms with Crippen LogP contribution in [0.15, 0.2) is 18.3 Å². The van der Waals surface area contributed by atoms with Gasteiger partial charge in [-0.25, -0.2) is 0 Å². The predicted octanol–water partition coefficient (Wildman–Crippen LogP) is 1.04. The molecule has 2 fully saturated rings. The van der Waals surface area contributed by atoms with Gasteiger partial charge in [-0.2, -0.15) is 0 Å². The van der Waals surface area contributed by atoms with Gasteiger partial charge in [-0.15, -0.1) is 0 Å². The van der Waals surface area contributed by atoms with E-state index in [0.29, 0.717) is 11.7 Å². The van der Waals surface area contributed by atoms with Crippen LogP contribution in [0.1, 0.15) is 35.8 Å². The number of amides is 1. The van der Waals surface area contributed by atoms with E-state index in [0.717, 1.165) is 12.8 Å². The number of carboxylic acids is 1. The van der Waals surface area contributed by atoms with Crippen molar-refractivity contribution in [2.45, 2.75) is 31.3 Å². The summed E-state index contributed by atoms with van der Waals surface area (Å²) in [7, 11) is 0. The summed E-state index contributed by atoms with van der Waals surface area (Å²) in [5, 5.41) is 11.9. The maximum atomic E-state index is 12.3. The average molecular weight is 278 g/mol. The van der Waals surface area contributed by atoms with Crippen LogP contribution < -0.4 is 5.32 Å². The topological polar surface area (TPSA) is 80.6 Å². The molecule has 0 spiro atoms. The number of rotatable bonds is 4. The molecule has 2 heterocycles. The van der Waals surface area contributed by atoms with Crippen LogP contribution in [0.5, 0.6) is 0 Å². The molecule has 20 heavy (non-hydrogen) atoms. The highest BCUT2D eigenvalue weighted by Gasteiger charge is 2.35. The maximum Gasteiger partial charge on any atom is 0.311 e. The number of carboxylic acid groups (broad SMARTS) is 1. The van der Waals surface area contributed by atoms with Gasteiger partial charge in [0, 0.05) is 12.2 Å². The van der Waals surface area contributed by atoms with E-state index in [1.807, 2.05) is 16.8 Å². The van der Waals surface area contributed by atoms with E-state index in [-0.39, 0.29) is 19.1 Å². The molecular formula is C14H18N2O4. The first-order chi connectivity index (χ1) is 9.66. The van der Waals surface area contributed by atoms with E-state index in [9.17, 15) is 9.59 Å². The number of hydrogen-bond acceptors (Lipinski definition) is 3. The lowest BCUT2D eigenvalue weighted by Crippen LogP contribution is -2.43. The summed E-state index contributed by atoms with van der Waals surface area (Å²) in [6.07, 6.45) is 5.30. The van der Waals surface area contributed by atoms with Crippen molar-refractivity contribution in [2.75, 3.05) is 13.2 Å². The SMILES string of the molecule is O=C(NC1COCC1C(=O)O)c1cccn1C1CCC1. The molecule has 2 aliphatic rings. The first-order valence-corrected chi connectivity index (χ1v) is 6.95. The summed E-state index contributed by atoms with van der Waals surface area (Å²) in [6, 6.07) is 3.58. The number of ether oxygens (including phenoxy) is 1. The molecule has 3 rings (SSSR count). The van der Waals surface area contributed by atoms with Gasteiger partial charge >= 0.3 is 5.97 Å². The van der Waals surface area contributed by atoms with Crippen LogP contribution in [-0.2, 0) is 9.53 Å². The Morgan fingerprint density at radius 3 is 2.80 bits per heavy atom. The molecule has 1 aromatic heterocycles. The number of nitrogens with one attached hydrogen (secondary N) is 1. The van der Waals surface area contributed by atoms with Gasteiger partial charge in [0.25, 0.3) is 5.91 Å². The van der Waals surface area contributed by atoms with E-state index in [1.165, 1.54) is 6.42 Å². The minimum atomic E-state index is -0.929. The lowest BCUT2D eigenvalue weighted by Gasteiger charge is -2.29. The standard InChI is InChI=1S/C14H18N2O4/c17-13(15-11-8-20-7-10(11)14(18)19)12-5-2-6-16(12)9-3-1-4-9/h2,5-6,9-11H,1,3-4,7-8H2,(H,15,17)(H,18,19). The summed E-state index contributed by atoms with van der Waals surface area (Å²) in [5.74, 6) is -1.81. The number of nitrogens with zero attached hydrogens (tertiary/aromatic N) is 1. The van der Waals surface area contributed by atoms with E-state index in [1.54, 1.807) is 6.07 Å². The summed E-state index contributed by atoms with van der Waals surface area (Å²) < 4.78 is 7.15. The molecule has 1 aliphatic carbocycles. The molecule has 1 saturated carbocycles. The fraction of sp³-hybridized carbons (Fsp3) is 0.571. The second-order valence-corrected chi connectivity index (χ2v) is 5.45. The molecule has 1 aromatic rings. The van der Waals surface area contributed by atoms with Crippen molar-refractivity contribution in [3.8, 4) is 0 Å². The van der Waals surface area contributed by atoms with Crippen molar-refractivity contribution < 1.29 is 19.4 Å². The Balaban J connectivity index is 1.70. The second kappa shape index (κ2) is 5.28. The molecule has 108 valence electrons. The monoisotopic (exact) mass is 278 g/mol. The lowest BCUT2D eigenvalue weighted by atomic mass is 9.93. The highest BCUT2D eigenvalue weighted by Crippen LogP contribution is 2.32. The Morgan fingerprint density at radius 1 is 1.35 bits per heavy atom. The van der Waals surface area contributed by atoms with Gasteiger partial charge in [-0.3, -0.25) is 9.59 Å². The molecule has 2 N–H and O–H groups in total. The van der Waals surface area contributed by atoms with E-state index < -0.39 is 17.9 Å². The van der Waals surface area contributed by atoms with E-state index in [4.69, 9.17) is 9.84 Å². The Bertz CT molecular complexity index is 521. The predicted molar refractivity (Wildman–Crippen MR) is 70.5 cm³/mol. The van der Waals surface area contributed by atoms with Crippen LogP contribution in [0.2, 0.25) is 0 Å². The first kappa shape index (κ1) is 13.2. The smallest absolute Gasteiger partial charge is 0.311 e. The number of hydrogen-bond donors (Lipinski definition) is 2. The molecule has 2 unspecified atom stereocenters. The Hall–Kier alpha value is -1.82. The molecule has 1 aliphatic heterocycles. The molecule has 6 nitrogen and oxygen atoms in total. The van der Waals surface area contributed by atoms with Crippen LogP contribution in [0.3, 0.4) is 0 Å². The van der Waals surface area contributed by atoms with Gasteiger partial charge in [0.2, 0.25) is 0 Å². The van der Waals surface area contributed by atoms with Crippen LogP contribution >= 0.6 is 0 Å². The normalized spacial score (nSPS) is 26.2. The second-order valence-electron chi connectivity index (χ2n) is 5.45. The van der Waals surface area contributed by atoms with Crippen LogP contribution in [0.25, 0.3) is 0 Å². The number of aromatic nitrogens is 1. The third-order valence-electron chi connectivity index (χ3n) is 4.19. The van der Waals surface area contributed by atoms with E-state index >= 15 is 0 Å². The lowest BCUT2D eigenvalue weighted by molar-refractivity contribution is -0.142. The number of carbonyl (C=O) groups is 2. The zero-order valence-corrected chi connectivity index (χ0v) is 11.1. The van der Waals surface area contributed by atoms with Crippen molar-refractivity contribution in [1.29, 1.82) is 0 Å². The molecule has 6 heteroatoms. The van der Waals surface area contributed by atoms with Crippen molar-refractivity contribution >= 4 is 11.9 Å². The molecule has 1 amide bonds. The van der Waals surface area contributed by atoms with Gasteiger partial charge in [0.15, 0.2) is 0 Å². The van der Waals surface area contributed by atoms with Gasteiger partial charge in [0.1, 0.15) is 11.6 Å². The van der Waals surface area contributed by atoms with Crippen molar-refractivity contribution in [3.63, 3.8) is 0 Å². The molecule has 0 aromatic carbocycles. The van der Waals surface area contributed by atoms with Crippen LogP contribution in [0.4, 0.5) is 0 Å². The van der Waals surface area contributed by atoms with Crippen molar-refractivity contribution in [2.24, 2.45) is 5.92 Å². The minimum Gasteiger partial charge on any atom is -0.481 e. The highest BCUT2D eigenvalue weighted by molar-refractivity contribution is 5.93. The zero-order valence-electron chi connectivity index (χ0n) is 11.1. The number of carbonyl (C=O) groups excluding carboxylic acids is 1. The Morgan fingerprint density at radius 2 is 2.15 bits per heavy atom. The van der Waals surface area contributed by atoms with Crippen molar-refractivity contribution in [3.05, 3.63) is 24.0 Å². The molecule has 1 saturated heterocycles. The average Bonchev–Trinajstić information content (AvgIpc) is 2.95. The van der Waals surface area contributed by atoms with Gasteiger partial charge in [0.05, 0.1) is 19.3 Å². The fourth-order valence-corrected chi connectivity index (χ4v) is 2.75. The molecule has 0 bridgehead atoms.